The van der Waals surface area contributed by atoms with Crippen LogP contribution < -0.4 is 5.32 Å². The van der Waals surface area contributed by atoms with E-state index in [0.29, 0.717) is 17.2 Å². The van der Waals surface area contributed by atoms with Gasteiger partial charge in [0.05, 0.1) is 24.3 Å². The Kier molecular flexibility index (Phi) is 5.23. The molecule has 2 aromatic rings. The summed E-state index contributed by atoms with van der Waals surface area (Å²) >= 11 is 6.00. The number of aryl methyl sites for hydroxylation is 1. The lowest BCUT2D eigenvalue weighted by molar-refractivity contribution is -0.0380. The van der Waals surface area contributed by atoms with Crippen molar-refractivity contribution in [3.05, 3.63) is 58.4 Å². The maximum Gasteiger partial charge on any atom is 0.253 e. The summed E-state index contributed by atoms with van der Waals surface area (Å²) in [6.07, 6.45) is 1.67. The maximum atomic E-state index is 12.7. The number of amides is 1. The fraction of sp³-hybridized carbons (Fsp3) is 0.389. The second-order valence-electron chi connectivity index (χ2n) is 6.19. The van der Waals surface area contributed by atoms with E-state index in [4.69, 9.17) is 16.3 Å². The largest absolute Gasteiger partial charge is 0.373 e. The van der Waals surface area contributed by atoms with Crippen molar-refractivity contribution in [1.29, 1.82) is 0 Å². The van der Waals surface area contributed by atoms with Gasteiger partial charge in [0.1, 0.15) is 0 Å². The Balaban J connectivity index is 1.85. The fourth-order valence-electron chi connectivity index (χ4n) is 2.99. The summed E-state index contributed by atoms with van der Waals surface area (Å²) in [7, 11) is 2.06. The number of carbonyl (C=O) groups is 1. The molecule has 1 saturated heterocycles. The second kappa shape index (κ2) is 7.38. The molecule has 0 unspecified atom stereocenters. The average molecular weight is 348 g/mol. The number of H-pyrrole nitrogens is 1. The van der Waals surface area contributed by atoms with Crippen molar-refractivity contribution in [2.75, 3.05) is 26.7 Å². The van der Waals surface area contributed by atoms with Crippen LogP contribution in [-0.4, -0.2) is 48.6 Å². The lowest BCUT2D eigenvalue weighted by Crippen LogP contribution is -2.48. The average Bonchev–Trinajstić information content (AvgIpc) is 2.99. The van der Waals surface area contributed by atoms with Crippen LogP contribution in [0, 0.1) is 6.92 Å². The molecule has 1 aromatic carbocycles. The van der Waals surface area contributed by atoms with Gasteiger partial charge in [0, 0.05) is 30.0 Å². The Labute approximate surface area is 146 Å². The van der Waals surface area contributed by atoms with E-state index in [0.717, 1.165) is 24.3 Å². The number of nitrogens with zero attached hydrogens (tertiary/aromatic N) is 1. The van der Waals surface area contributed by atoms with E-state index in [1.807, 2.05) is 31.2 Å². The Hall–Kier alpha value is -1.82. The van der Waals surface area contributed by atoms with Gasteiger partial charge in [0.15, 0.2) is 0 Å². The molecule has 0 radical (unpaired) electrons. The van der Waals surface area contributed by atoms with Crippen LogP contribution in [0.3, 0.4) is 0 Å². The fourth-order valence-corrected chi connectivity index (χ4v) is 3.12. The first-order valence-corrected chi connectivity index (χ1v) is 8.43. The molecule has 2 N–H and O–H groups in total. The van der Waals surface area contributed by atoms with Crippen molar-refractivity contribution in [1.82, 2.24) is 15.2 Å². The quantitative estimate of drug-likeness (QED) is 0.894. The Bertz CT molecular complexity index is 699. The zero-order valence-electron chi connectivity index (χ0n) is 13.9. The molecule has 2 heterocycles. The molecule has 0 aliphatic carbocycles. The lowest BCUT2D eigenvalue weighted by atomic mass is 9.99. The SMILES string of the molecule is Cc1[nH]ccc1C(=O)N[C@H](c1ccc(Cl)cc1)[C@H]1CN(C)CCO1. The third-order valence-electron chi connectivity index (χ3n) is 4.38. The topological polar surface area (TPSA) is 57.4 Å². The molecule has 1 fully saturated rings. The summed E-state index contributed by atoms with van der Waals surface area (Å²) in [5.74, 6) is -0.106. The molecule has 0 saturated carbocycles. The molecule has 3 rings (SSSR count). The van der Waals surface area contributed by atoms with E-state index in [9.17, 15) is 4.79 Å². The van der Waals surface area contributed by atoms with E-state index >= 15 is 0 Å². The predicted molar refractivity (Wildman–Crippen MR) is 94.4 cm³/mol. The number of nitrogens with one attached hydrogen (secondary N) is 2. The molecule has 24 heavy (non-hydrogen) atoms. The van der Waals surface area contributed by atoms with Gasteiger partial charge in [-0.25, -0.2) is 0 Å². The van der Waals surface area contributed by atoms with Crippen molar-refractivity contribution >= 4 is 17.5 Å². The number of aromatic nitrogens is 1. The van der Waals surface area contributed by atoms with Crippen LogP contribution in [0.5, 0.6) is 0 Å². The molecule has 1 aromatic heterocycles. The number of hydrogen-bond acceptors (Lipinski definition) is 3. The van der Waals surface area contributed by atoms with Crippen LogP contribution in [0.15, 0.2) is 36.5 Å². The summed E-state index contributed by atoms with van der Waals surface area (Å²) in [6, 6.07) is 9.11. The third kappa shape index (κ3) is 3.80. The number of benzene rings is 1. The van der Waals surface area contributed by atoms with Crippen molar-refractivity contribution < 1.29 is 9.53 Å². The van der Waals surface area contributed by atoms with E-state index in [2.05, 4.69) is 22.2 Å². The summed E-state index contributed by atoms with van der Waals surface area (Å²) in [4.78, 5) is 17.9. The molecule has 128 valence electrons. The molecule has 6 heteroatoms. The minimum absolute atomic E-state index is 0.104. The van der Waals surface area contributed by atoms with Crippen molar-refractivity contribution in [2.45, 2.75) is 19.1 Å². The summed E-state index contributed by atoms with van der Waals surface area (Å²) in [5, 5.41) is 3.81. The van der Waals surface area contributed by atoms with Crippen LogP contribution in [0.25, 0.3) is 0 Å². The van der Waals surface area contributed by atoms with Crippen LogP contribution in [-0.2, 0) is 4.74 Å². The maximum absolute atomic E-state index is 12.7. The summed E-state index contributed by atoms with van der Waals surface area (Å²) in [5.41, 5.74) is 2.49. The van der Waals surface area contributed by atoms with E-state index < -0.39 is 0 Å². The van der Waals surface area contributed by atoms with E-state index in [1.165, 1.54) is 0 Å². The van der Waals surface area contributed by atoms with Crippen LogP contribution in [0.4, 0.5) is 0 Å². The van der Waals surface area contributed by atoms with Gasteiger partial charge >= 0.3 is 0 Å². The highest BCUT2D eigenvalue weighted by molar-refractivity contribution is 6.30. The van der Waals surface area contributed by atoms with Crippen molar-refractivity contribution in [3.8, 4) is 0 Å². The van der Waals surface area contributed by atoms with Crippen LogP contribution in [0.1, 0.15) is 27.7 Å². The number of morpholine rings is 1. The van der Waals surface area contributed by atoms with Gasteiger partial charge in [-0.3, -0.25) is 4.79 Å². The van der Waals surface area contributed by atoms with Gasteiger partial charge in [0.25, 0.3) is 5.91 Å². The first-order valence-electron chi connectivity index (χ1n) is 8.05. The Morgan fingerprint density at radius 1 is 1.38 bits per heavy atom. The number of hydrogen-bond donors (Lipinski definition) is 2. The number of aromatic amines is 1. The van der Waals surface area contributed by atoms with E-state index in [-0.39, 0.29) is 18.1 Å². The minimum atomic E-state index is -0.230. The minimum Gasteiger partial charge on any atom is -0.373 e. The molecular formula is C18H22ClN3O2. The molecule has 1 aliphatic heterocycles. The smallest absolute Gasteiger partial charge is 0.253 e. The molecule has 5 nitrogen and oxygen atoms in total. The second-order valence-corrected chi connectivity index (χ2v) is 6.63. The summed E-state index contributed by atoms with van der Waals surface area (Å²) in [6.45, 7) is 4.20. The van der Waals surface area contributed by atoms with Gasteiger partial charge in [-0.1, -0.05) is 23.7 Å². The first-order chi connectivity index (χ1) is 11.5. The van der Waals surface area contributed by atoms with E-state index in [1.54, 1.807) is 12.3 Å². The van der Waals surface area contributed by atoms with Crippen molar-refractivity contribution in [2.24, 2.45) is 0 Å². The Morgan fingerprint density at radius 2 is 2.12 bits per heavy atom. The number of halogens is 1. The van der Waals surface area contributed by atoms with Gasteiger partial charge in [-0.15, -0.1) is 0 Å². The van der Waals surface area contributed by atoms with Gasteiger partial charge in [-0.05, 0) is 37.7 Å². The number of rotatable bonds is 4. The molecular weight excluding hydrogens is 326 g/mol. The number of likely N-dealkylation sites (N-methyl/N-ethyl adjacent to an activating group) is 1. The zero-order valence-corrected chi connectivity index (χ0v) is 14.6. The number of ether oxygens (including phenoxy) is 1. The predicted octanol–water partition coefficient (Wildman–Crippen LogP) is 2.78. The Morgan fingerprint density at radius 3 is 2.75 bits per heavy atom. The zero-order chi connectivity index (χ0) is 17.1. The molecule has 0 bridgehead atoms. The van der Waals surface area contributed by atoms with Gasteiger partial charge in [0.2, 0.25) is 0 Å². The number of carbonyl (C=O) groups excluding carboxylic acids is 1. The van der Waals surface area contributed by atoms with Crippen LogP contribution in [0.2, 0.25) is 5.02 Å². The lowest BCUT2D eigenvalue weighted by Gasteiger charge is -2.35. The highest BCUT2D eigenvalue weighted by Gasteiger charge is 2.30. The highest BCUT2D eigenvalue weighted by atomic mass is 35.5. The summed E-state index contributed by atoms with van der Waals surface area (Å²) < 4.78 is 5.95. The molecule has 0 spiro atoms. The van der Waals surface area contributed by atoms with Gasteiger partial charge < -0.3 is 19.9 Å². The van der Waals surface area contributed by atoms with Gasteiger partial charge in [-0.2, -0.15) is 0 Å². The molecule has 2 atom stereocenters. The molecule has 1 aliphatic rings. The normalized spacial score (nSPS) is 19.9. The molecule has 1 amide bonds. The van der Waals surface area contributed by atoms with Crippen molar-refractivity contribution in [3.63, 3.8) is 0 Å². The monoisotopic (exact) mass is 347 g/mol. The first kappa shape index (κ1) is 17.0. The highest BCUT2D eigenvalue weighted by Crippen LogP contribution is 2.24. The standard InChI is InChI=1S/C18H22ClN3O2/c1-12-15(7-8-20-12)18(23)21-17(13-3-5-14(19)6-4-13)16-11-22(2)9-10-24-16/h3-8,16-17,20H,9-11H2,1-2H3,(H,21,23)/t16-,17-/m1/s1. The van der Waals surface area contributed by atoms with Crippen LogP contribution >= 0.6 is 11.6 Å². The third-order valence-corrected chi connectivity index (χ3v) is 4.63.